The number of benzene rings is 2. The molecule has 1 aromatic heterocycles. The van der Waals surface area contributed by atoms with Crippen LogP contribution in [0.15, 0.2) is 42.6 Å². The van der Waals surface area contributed by atoms with Crippen molar-refractivity contribution in [3.8, 4) is 5.75 Å². The number of carbonyl (C=O) groups excluding carboxylic acids is 1. The van der Waals surface area contributed by atoms with Crippen LogP contribution in [-0.4, -0.2) is 29.8 Å². The van der Waals surface area contributed by atoms with Crippen LogP contribution in [0.5, 0.6) is 5.75 Å². The van der Waals surface area contributed by atoms with Gasteiger partial charge in [-0.15, -0.1) is 0 Å². The lowest BCUT2D eigenvalue weighted by molar-refractivity contribution is -0.125. The zero-order valence-electron chi connectivity index (χ0n) is 14.9. The highest BCUT2D eigenvalue weighted by Crippen LogP contribution is 2.28. The summed E-state index contributed by atoms with van der Waals surface area (Å²) in [4.78, 5) is 12.6. The van der Waals surface area contributed by atoms with Gasteiger partial charge in [-0.3, -0.25) is 9.89 Å². The minimum Gasteiger partial charge on any atom is -0.496 e. The van der Waals surface area contributed by atoms with Crippen LogP contribution < -0.4 is 10.1 Å². The van der Waals surface area contributed by atoms with Crippen LogP contribution in [0.2, 0.25) is 0 Å². The van der Waals surface area contributed by atoms with Crippen molar-refractivity contribution in [2.45, 2.75) is 25.7 Å². The molecule has 5 nitrogen and oxygen atoms in total. The van der Waals surface area contributed by atoms with Crippen molar-refractivity contribution >= 4 is 16.7 Å². The normalized spacial score (nSPS) is 16.3. The molecule has 134 valence electrons. The van der Waals surface area contributed by atoms with Crippen molar-refractivity contribution in [1.29, 1.82) is 0 Å². The molecule has 0 saturated heterocycles. The van der Waals surface area contributed by atoms with E-state index in [1.807, 2.05) is 24.4 Å². The third-order valence-corrected chi connectivity index (χ3v) is 5.28. The van der Waals surface area contributed by atoms with Crippen molar-refractivity contribution in [1.82, 2.24) is 15.5 Å². The summed E-state index contributed by atoms with van der Waals surface area (Å²) in [7, 11) is 1.69. The molecule has 0 saturated carbocycles. The number of ether oxygens (including phenoxy) is 1. The Morgan fingerprint density at radius 3 is 3.08 bits per heavy atom. The number of nitrogens with one attached hydrogen (secondary N) is 2. The summed E-state index contributed by atoms with van der Waals surface area (Å²) in [5, 5.41) is 12.6. The summed E-state index contributed by atoms with van der Waals surface area (Å²) >= 11 is 0. The van der Waals surface area contributed by atoms with Crippen molar-refractivity contribution in [2.24, 2.45) is 5.92 Å². The Morgan fingerprint density at radius 2 is 2.19 bits per heavy atom. The van der Waals surface area contributed by atoms with Gasteiger partial charge in [-0.25, -0.2) is 0 Å². The van der Waals surface area contributed by atoms with Crippen molar-refractivity contribution in [3.63, 3.8) is 0 Å². The third-order valence-electron chi connectivity index (χ3n) is 5.28. The lowest BCUT2D eigenvalue weighted by Crippen LogP contribution is -2.35. The number of hydrogen-bond donors (Lipinski definition) is 2. The molecule has 1 aliphatic rings. The Morgan fingerprint density at radius 1 is 1.31 bits per heavy atom. The fraction of sp³-hybridized carbons (Fsp3) is 0.333. The number of carbonyl (C=O) groups is 1. The highest BCUT2D eigenvalue weighted by molar-refractivity contribution is 5.88. The zero-order chi connectivity index (χ0) is 17.9. The molecule has 2 aromatic carbocycles. The van der Waals surface area contributed by atoms with Crippen molar-refractivity contribution < 1.29 is 9.53 Å². The number of methoxy groups -OCH3 is 1. The minimum absolute atomic E-state index is 0.0253. The van der Waals surface area contributed by atoms with Crippen LogP contribution in [0, 0.1) is 5.92 Å². The van der Waals surface area contributed by atoms with Gasteiger partial charge < -0.3 is 10.1 Å². The molecule has 1 amide bonds. The summed E-state index contributed by atoms with van der Waals surface area (Å²) in [5.41, 5.74) is 3.49. The first-order valence-electron chi connectivity index (χ1n) is 9.09. The summed E-state index contributed by atoms with van der Waals surface area (Å²) in [6.45, 7) is 0.607. The van der Waals surface area contributed by atoms with Gasteiger partial charge in [0.05, 0.1) is 13.3 Å². The topological polar surface area (TPSA) is 67.0 Å². The summed E-state index contributed by atoms with van der Waals surface area (Å²) < 4.78 is 5.53. The smallest absolute Gasteiger partial charge is 0.223 e. The average molecular weight is 349 g/mol. The molecular formula is C21H23N3O2. The van der Waals surface area contributed by atoms with E-state index in [2.05, 4.69) is 33.7 Å². The first-order chi connectivity index (χ1) is 12.8. The number of nitrogens with zero attached hydrogens (tertiary/aromatic N) is 1. The maximum atomic E-state index is 12.6. The summed E-state index contributed by atoms with van der Waals surface area (Å²) in [6, 6.07) is 12.3. The first-order valence-corrected chi connectivity index (χ1v) is 9.09. The molecule has 1 unspecified atom stereocenters. The van der Waals surface area contributed by atoms with Gasteiger partial charge in [-0.1, -0.05) is 30.3 Å². The predicted molar refractivity (Wildman–Crippen MR) is 101 cm³/mol. The van der Waals surface area contributed by atoms with Gasteiger partial charge in [0.25, 0.3) is 0 Å². The molecule has 1 aliphatic carbocycles. The molecule has 0 radical (unpaired) electrons. The number of aromatic nitrogens is 2. The molecule has 0 aliphatic heterocycles. The second-order valence-corrected chi connectivity index (χ2v) is 6.82. The van der Waals surface area contributed by atoms with Gasteiger partial charge in [0.1, 0.15) is 5.75 Å². The van der Waals surface area contributed by atoms with E-state index in [9.17, 15) is 4.79 Å². The first kappa shape index (κ1) is 16.6. The number of amides is 1. The van der Waals surface area contributed by atoms with Crippen molar-refractivity contribution in [2.75, 3.05) is 13.7 Å². The van der Waals surface area contributed by atoms with E-state index in [1.54, 1.807) is 7.11 Å². The van der Waals surface area contributed by atoms with Gasteiger partial charge in [0.2, 0.25) is 5.91 Å². The predicted octanol–water partition coefficient (Wildman–Crippen LogP) is 3.04. The highest BCUT2D eigenvalue weighted by Gasteiger charge is 2.25. The Hall–Kier alpha value is -2.82. The molecular weight excluding hydrogens is 326 g/mol. The Kier molecular flexibility index (Phi) is 4.61. The van der Waals surface area contributed by atoms with E-state index in [-0.39, 0.29) is 11.8 Å². The van der Waals surface area contributed by atoms with E-state index in [1.165, 1.54) is 16.3 Å². The number of H-pyrrole nitrogens is 1. The van der Waals surface area contributed by atoms with E-state index in [0.29, 0.717) is 6.54 Å². The molecule has 1 heterocycles. The lowest BCUT2D eigenvalue weighted by atomic mass is 9.87. The second-order valence-electron chi connectivity index (χ2n) is 6.82. The van der Waals surface area contributed by atoms with E-state index in [0.717, 1.165) is 42.7 Å². The zero-order valence-corrected chi connectivity index (χ0v) is 14.9. The van der Waals surface area contributed by atoms with E-state index < -0.39 is 0 Å². The standard InChI is InChI=1S/C21H23N3O2/c1-26-20-9-8-14-4-2-3-5-17(14)18(20)10-11-22-21(25)15-6-7-16-13-23-24-19(16)12-15/h2-5,8-9,13,15H,6-7,10-12H2,1H3,(H,22,25)(H,23,24). The van der Waals surface area contributed by atoms with Crippen LogP contribution in [0.4, 0.5) is 0 Å². The maximum Gasteiger partial charge on any atom is 0.223 e. The lowest BCUT2D eigenvalue weighted by Gasteiger charge is -2.21. The molecule has 0 bridgehead atoms. The van der Waals surface area contributed by atoms with Crippen LogP contribution in [-0.2, 0) is 24.1 Å². The molecule has 1 atom stereocenters. The number of hydrogen-bond acceptors (Lipinski definition) is 3. The molecule has 0 spiro atoms. The van der Waals surface area contributed by atoms with Crippen LogP contribution in [0.25, 0.3) is 10.8 Å². The van der Waals surface area contributed by atoms with Crippen LogP contribution in [0.3, 0.4) is 0 Å². The quantitative estimate of drug-likeness (QED) is 0.744. The molecule has 2 N–H and O–H groups in total. The molecule has 4 rings (SSSR count). The summed E-state index contributed by atoms with van der Waals surface area (Å²) in [6.07, 6.45) is 5.17. The Bertz CT molecular complexity index is 932. The van der Waals surface area contributed by atoms with Gasteiger partial charge in [-0.2, -0.15) is 5.10 Å². The fourth-order valence-corrected chi connectivity index (χ4v) is 3.85. The average Bonchev–Trinajstić information content (AvgIpc) is 3.15. The minimum atomic E-state index is 0.0253. The maximum absolute atomic E-state index is 12.6. The van der Waals surface area contributed by atoms with Crippen LogP contribution in [0.1, 0.15) is 23.2 Å². The molecule has 5 heteroatoms. The van der Waals surface area contributed by atoms with Gasteiger partial charge in [0.15, 0.2) is 0 Å². The number of rotatable bonds is 5. The van der Waals surface area contributed by atoms with Crippen molar-refractivity contribution in [3.05, 3.63) is 59.4 Å². The Balaban J connectivity index is 1.42. The second kappa shape index (κ2) is 7.20. The van der Waals surface area contributed by atoms with E-state index in [4.69, 9.17) is 4.74 Å². The number of aromatic amines is 1. The van der Waals surface area contributed by atoms with Gasteiger partial charge >= 0.3 is 0 Å². The Labute approximate surface area is 152 Å². The van der Waals surface area contributed by atoms with Gasteiger partial charge in [-0.05, 0) is 41.7 Å². The largest absolute Gasteiger partial charge is 0.496 e. The number of aryl methyl sites for hydroxylation is 1. The third kappa shape index (κ3) is 3.17. The van der Waals surface area contributed by atoms with Gasteiger partial charge in [0, 0.05) is 30.1 Å². The van der Waals surface area contributed by atoms with E-state index >= 15 is 0 Å². The highest BCUT2D eigenvalue weighted by atomic mass is 16.5. The monoisotopic (exact) mass is 349 g/mol. The SMILES string of the molecule is COc1ccc2ccccc2c1CCNC(=O)C1CCc2cn[nH]c2C1. The fourth-order valence-electron chi connectivity index (χ4n) is 3.85. The molecule has 0 fully saturated rings. The molecule has 26 heavy (non-hydrogen) atoms. The summed E-state index contributed by atoms with van der Waals surface area (Å²) in [5.74, 6) is 1.03. The number of fused-ring (bicyclic) bond motifs is 2. The molecule has 3 aromatic rings. The van der Waals surface area contributed by atoms with Crippen LogP contribution >= 0.6 is 0 Å².